The van der Waals surface area contributed by atoms with Crippen molar-refractivity contribution in [3.05, 3.63) is 76.4 Å². The summed E-state index contributed by atoms with van der Waals surface area (Å²) in [6, 6.07) is 12.8. The molecule has 5 nitrogen and oxygen atoms in total. The number of alkyl halides is 3. The molecule has 0 fully saturated rings. The number of nitrogens with zero attached hydrogens (tertiary/aromatic N) is 2. The molecule has 0 saturated heterocycles. The zero-order valence-electron chi connectivity index (χ0n) is 18.6. The summed E-state index contributed by atoms with van der Waals surface area (Å²) in [4.78, 5) is 17.1. The number of carbonyl (C=O) groups is 1. The van der Waals surface area contributed by atoms with Gasteiger partial charge in [-0.2, -0.15) is 24.9 Å². The molecule has 0 saturated carbocycles. The maximum absolute atomic E-state index is 13.5. The topological polar surface area (TPSA) is 53.4 Å². The Hall–Kier alpha value is -2.98. The van der Waals surface area contributed by atoms with E-state index < -0.39 is 23.8 Å². The van der Waals surface area contributed by atoms with Gasteiger partial charge in [0.05, 0.1) is 23.7 Å². The van der Waals surface area contributed by atoms with Gasteiger partial charge in [-0.15, -0.1) is 11.3 Å². The Morgan fingerprint density at radius 3 is 2.68 bits per heavy atom. The lowest BCUT2D eigenvalue weighted by Crippen LogP contribution is -2.14. The molecule has 2 aromatic heterocycles. The van der Waals surface area contributed by atoms with E-state index in [-0.39, 0.29) is 16.2 Å². The van der Waals surface area contributed by atoms with Crippen molar-refractivity contribution in [1.29, 1.82) is 0 Å². The first kappa shape index (κ1) is 24.2. The molecule has 0 spiro atoms. The number of thiophene rings is 1. The summed E-state index contributed by atoms with van der Waals surface area (Å²) >= 11 is 2.83. The van der Waals surface area contributed by atoms with Gasteiger partial charge in [0.2, 0.25) is 0 Å². The molecule has 0 amide bonds. The van der Waals surface area contributed by atoms with Crippen molar-refractivity contribution < 1.29 is 27.4 Å². The molecule has 4 aromatic rings. The van der Waals surface area contributed by atoms with Crippen molar-refractivity contribution in [2.24, 2.45) is 0 Å². The van der Waals surface area contributed by atoms with E-state index in [0.29, 0.717) is 5.00 Å². The largest absolute Gasteiger partial charge is 0.484 e. The fraction of sp³-hybridized carbons (Fsp3) is 0.250. The number of thioether (sulfide) groups is 1. The summed E-state index contributed by atoms with van der Waals surface area (Å²) in [6.45, 7) is 1.52. The number of imidazole rings is 1. The summed E-state index contributed by atoms with van der Waals surface area (Å²) in [5.74, 6) is 0.359. The SMILES string of the molecule is COC(=O)c1sc(-n2cnc3ccc(CSC)cc32)cc1OC(C)c1ccccc1C(F)(F)F. The highest BCUT2D eigenvalue weighted by Gasteiger charge is 2.35. The van der Waals surface area contributed by atoms with E-state index in [1.54, 1.807) is 24.2 Å². The number of ether oxygens (including phenoxy) is 2. The lowest BCUT2D eigenvalue weighted by molar-refractivity contribution is -0.139. The lowest BCUT2D eigenvalue weighted by Gasteiger charge is -2.19. The van der Waals surface area contributed by atoms with Crippen molar-refractivity contribution in [1.82, 2.24) is 9.55 Å². The first-order chi connectivity index (χ1) is 16.2. The van der Waals surface area contributed by atoms with Gasteiger partial charge in [0, 0.05) is 17.4 Å². The van der Waals surface area contributed by atoms with Gasteiger partial charge in [-0.05, 0) is 36.9 Å². The van der Waals surface area contributed by atoms with Crippen LogP contribution in [0.25, 0.3) is 16.0 Å². The monoisotopic (exact) mass is 506 g/mol. The Morgan fingerprint density at radius 2 is 1.97 bits per heavy atom. The van der Waals surface area contributed by atoms with Crippen LogP contribution in [-0.4, -0.2) is 28.9 Å². The Bertz CT molecular complexity index is 1330. The highest BCUT2D eigenvalue weighted by Crippen LogP contribution is 2.39. The summed E-state index contributed by atoms with van der Waals surface area (Å²) in [5, 5.41) is 0.635. The molecular weight excluding hydrogens is 485 g/mol. The fourth-order valence-electron chi connectivity index (χ4n) is 3.65. The summed E-state index contributed by atoms with van der Waals surface area (Å²) in [7, 11) is 1.25. The molecule has 0 radical (unpaired) electrons. The number of fused-ring (bicyclic) bond motifs is 1. The smallest absolute Gasteiger partial charge is 0.416 e. The highest BCUT2D eigenvalue weighted by molar-refractivity contribution is 7.97. The molecule has 34 heavy (non-hydrogen) atoms. The Labute approximate surface area is 202 Å². The van der Waals surface area contributed by atoms with E-state index in [1.165, 1.54) is 32.2 Å². The molecule has 178 valence electrons. The highest BCUT2D eigenvalue weighted by atomic mass is 32.2. The van der Waals surface area contributed by atoms with E-state index >= 15 is 0 Å². The average molecular weight is 507 g/mol. The fourth-order valence-corrected chi connectivity index (χ4v) is 5.16. The summed E-state index contributed by atoms with van der Waals surface area (Å²) < 4.78 is 53.1. The number of hydrogen-bond acceptors (Lipinski definition) is 6. The van der Waals surface area contributed by atoms with Crippen LogP contribution in [0.2, 0.25) is 0 Å². The van der Waals surface area contributed by atoms with E-state index in [9.17, 15) is 18.0 Å². The number of rotatable bonds is 7. The third-order valence-corrected chi connectivity index (χ3v) is 6.94. The van der Waals surface area contributed by atoms with Crippen LogP contribution in [0.3, 0.4) is 0 Å². The molecule has 1 atom stereocenters. The molecule has 10 heteroatoms. The van der Waals surface area contributed by atoms with Crippen molar-refractivity contribution in [3.8, 4) is 10.8 Å². The number of hydrogen-bond donors (Lipinski definition) is 0. The van der Waals surface area contributed by atoms with Crippen LogP contribution in [0, 0.1) is 0 Å². The number of esters is 1. The van der Waals surface area contributed by atoms with Gasteiger partial charge in [-0.1, -0.05) is 24.3 Å². The molecule has 0 aliphatic heterocycles. The molecule has 0 bridgehead atoms. The molecule has 1 unspecified atom stereocenters. The van der Waals surface area contributed by atoms with E-state index in [2.05, 4.69) is 4.98 Å². The van der Waals surface area contributed by atoms with Crippen LogP contribution in [0.15, 0.2) is 54.9 Å². The summed E-state index contributed by atoms with van der Waals surface area (Å²) in [5.41, 5.74) is 1.97. The van der Waals surface area contributed by atoms with E-state index in [1.807, 2.05) is 29.0 Å². The third-order valence-electron chi connectivity index (χ3n) is 5.22. The second-order valence-electron chi connectivity index (χ2n) is 7.49. The molecule has 2 heterocycles. The van der Waals surface area contributed by atoms with Gasteiger partial charge >= 0.3 is 12.1 Å². The van der Waals surface area contributed by atoms with Gasteiger partial charge in [-0.3, -0.25) is 4.57 Å². The second-order valence-corrected chi connectivity index (χ2v) is 9.38. The minimum atomic E-state index is -4.52. The molecule has 0 aliphatic rings. The van der Waals surface area contributed by atoms with Crippen LogP contribution in [0.4, 0.5) is 13.2 Å². The predicted molar refractivity (Wildman–Crippen MR) is 128 cm³/mol. The first-order valence-corrected chi connectivity index (χ1v) is 12.4. The van der Waals surface area contributed by atoms with Crippen molar-refractivity contribution in [3.63, 3.8) is 0 Å². The zero-order valence-corrected chi connectivity index (χ0v) is 20.2. The average Bonchev–Trinajstić information content (AvgIpc) is 3.42. The van der Waals surface area contributed by atoms with Gasteiger partial charge in [0.1, 0.15) is 23.2 Å². The van der Waals surface area contributed by atoms with Crippen LogP contribution in [0.5, 0.6) is 5.75 Å². The van der Waals surface area contributed by atoms with Crippen molar-refractivity contribution in [2.75, 3.05) is 13.4 Å². The molecule has 0 aliphatic carbocycles. The maximum atomic E-state index is 13.5. The first-order valence-electron chi connectivity index (χ1n) is 10.2. The van der Waals surface area contributed by atoms with Crippen LogP contribution < -0.4 is 4.74 Å². The van der Waals surface area contributed by atoms with E-state index in [0.717, 1.165) is 39.8 Å². The van der Waals surface area contributed by atoms with E-state index in [4.69, 9.17) is 9.47 Å². The Kier molecular flexibility index (Phi) is 6.90. The third kappa shape index (κ3) is 4.78. The Balaban J connectivity index is 1.75. The number of benzene rings is 2. The van der Waals surface area contributed by atoms with Crippen LogP contribution in [0.1, 0.15) is 39.4 Å². The van der Waals surface area contributed by atoms with Gasteiger partial charge in [0.15, 0.2) is 4.88 Å². The van der Waals surface area contributed by atoms with Crippen LogP contribution >= 0.6 is 23.1 Å². The molecular formula is C24H21F3N2O3S2. The summed E-state index contributed by atoms with van der Waals surface area (Å²) in [6.07, 6.45) is -1.82. The van der Waals surface area contributed by atoms with Gasteiger partial charge in [-0.25, -0.2) is 9.78 Å². The zero-order chi connectivity index (χ0) is 24.5. The van der Waals surface area contributed by atoms with Gasteiger partial charge in [0.25, 0.3) is 0 Å². The maximum Gasteiger partial charge on any atom is 0.416 e. The molecule has 2 aromatic carbocycles. The van der Waals surface area contributed by atoms with Crippen molar-refractivity contribution in [2.45, 2.75) is 25.0 Å². The quantitative estimate of drug-likeness (QED) is 0.255. The minimum Gasteiger partial charge on any atom is -0.484 e. The number of methoxy groups -OCH3 is 1. The van der Waals surface area contributed by atoms with Crippen molar-refractivity contribution >= 4 is 40.1 Å². The minimum absolute atomic E-state index is 0.0200. The molecule has 4 rings (SSSR count). The number of carbonyl (C=O) groups excluding carboxylic acids is 1. The number of halogens is 3. The van der Waals surface area contributed by atoms with Gasteiger partial charge < -0.3 is 9.47 Å². The standard InChI is InChI=1S/C24H21F3N2O3S2/c1-14(16-6-4-5-7-17(16)24(25,26)27)32-20-11-21(34-22(20)23(30)31-2)29-13-28-18-9-8-15(12-33-3)10-19(18)29/h4-11,13-14H,12H2,1-3H3. The van der Waals surface area contributed by atoms with Crippen LogP contribution in [-0.2, 0) is 16.7 Å². The molecule has 0 N–H and O–H groups in total. The number of aromatic nitrogens is 2. The predicted octanol–water partition coefficient (Wildman–Crippen LogP) is 6.90. The Morgan fingerprint density at radius 1 is 1.21 bits per heavy atom. The second kappa shape index (κ2) is 9.71. The lowest BCUT2D eigenvalue weighted by atomic mass is 10.0. The normalized spacial score (nSPS) is 12.6.